The molecule has 3 heterocycles. The van der Waals surface area contributed by atoms with E-state index in [1.165, 1.54) is 65.2 Å². The molecular formula is C32H38N4O10SSi. The lowest BCUT2D eigenvalue weighted by Crippen LogP contribution is -2.64. The first-order chi connectivity index (χ1) is 22.6. The number of nitro groups is 2. The molecule has 48 heavy (non-hydrogen) atoms. The van der Waals surface area contributed by atoms with E-state index in [1.54, 1.807) is 4.90 Å². The number of amides is 2. The van der Waals surface area contributed by atoms with E-state index in [1.807, 2.05) is 13.8 Å². The van der Waals surface area contributed by atoms with Gasteiger partial charge in [0, 0.05) is 53.4 Å². The van der Waals surface area contributed by atoms with Crippen molar-refractivity contribution in [3.8, 4) is 0 Å². The molecule has 0 bridgehead atoms. The fourth-order valence-corrected chi connectivity index (χ4v) is 9.08. The molecule has 2 aromatic rings. The van der Waals surface area contributed by atoms with Gasteiger partial charge in [0.05, 0.1) is 27.9 Å². The zero-order valence-corrected chi connectivity index (χ0v) is 29.1. The molecule has 3 aliphatic rings. The Morgan fingerprint density at radius 3 is 2.02 bits per heavy atom. The minimum atomic E-state index is -1.96. The van der Waals surface area contributed by atoms with Crippen LogP contribution in [-0.4, -0.2) is 76.4 Å². The Morgan fingerprint density at radius 1 is 0.958 bits per heavy atom. The number of nitrogens with zero attached hydrogens (tertiary/aromatic N) is 4. The Kier molecular flexibility index (Phi) is 10.3. The fraction of sp³-hybridized carbons (Fsp3) is 0.469. The lowest BCUT2D eigenvalue weighted by molar-refractivity contribution is -0.385. The fourth-order valence-electron chi connectivity index (χ4n) is 6.34. The summed E-state index contributed by atoms with van der Waals surface area (Å²) in [6.07, 6.45) is -0.207. The van der Waals surface area contributed by atoms with Crippen LogP contribution in [0, 0.1) is 32.1 Å². The van der Waals surface area contributed by atoms with Crippen LogP contribution in [0.5, 0.6) is 0 Å². The second-order valence-electron chi connectivity index (χ2n) is 13.1. The van der Waals surface area contributed by atoms with E-state index in [4.69, 9.17) is 13.9 Å². The van der Waals surface area contributed by atoms with Gasteiger partial charge in [0.1, 0.15) is 18.9 Å². The molecule has 3 aliphatic heterocycles. The number of thioether (sulfide) groups is 1. The molecule has 16 heteroatoms. The van der Waals surface area contributed by atoms with Gasteiger partial charge in [-0.2, -0.15) is 0 Å². The van der Waals surface area contributed by atoms with Crippen molar-refractivity contribution in [3.63, 3.8) is 0 Å². The minimum absolute atomic E-state index is 0.0319. The molecular weight excluding hydrogens is 661 g/mol. The van der Waals surface area contributed by atoms with Gasteiger partial charge in [-0.3, -0.25) is 25.0 Å². The second kappa shape index (κ2) is 14.1. The first-order valence-corrected chi connectivity index (χ1v) is 19.9. The number of ether oxygens (including phenoxy) is 2. The van der Waals surface area contributed by atoms with Gasteiger partial charge in [0.25, 0.3) is 11.4 Å². The molecule has 14 nitrogen and oxygen atoms in total. The van der Waals surface area contributed by atoms with Crippen molar-refractivity contribution in [3.05, 3.63) is 90.5 Å². The molecule has 2 fully saturated rings. The number of rotatable bonds is 12. The predicted octanol–water partition coefficient (Wildman–Crippen LogP) is 5.62. The number of nitro benzene ring substituents is 2. The molecule has 4 unspecified atom stereocenters. The highest BCUT2D eigenvalue weighted by molar-refractivity contribution is 8.03. The van der Waals surface area contributed by atoms with E-state index in [2.05, 4.69) is 19.6 Å². The number of carbonyl (C=O) groups is 3. The maximum Gasteiger partial charge on any atom is 0.410 e. The summed E-state index contributed by atoms with van der Waals surface area (Å²) in [6, 6.07) is 11.2. The van der Waals surface area contributed by atoms with Crippen molar-refractivity contribution in [1.82, 2.24) is 9.80 Å². The normalized spacial score (nSPS) is 22.6. The van der Waals surface area contributed by atoms with E-state index >= 15 is 0 Å². The SMILES string of the molecule is CC(O[Si](C)(C)C)C1C(=O)N2C(C(=O)OCc3ccc([N+](=O)[O-])cc3)=C(SC3CCN(C(=O)OCc4ccc([N+](=O)[O-])cc4)C3)C(C)[C@H]12. The molecule has 0 spiro atoms. The van der Waals surface area contributed by atoms with Crippen LogP contribution >= 0.6 is 11.8 Å². The third kappa shape index (κ3) is 7.55. The minimum Gasteiger partial charge on any atom is -0.456 e. The lowest BCUT2D eigenvalue weighted by atomic mass is 9.79. The summed E-state index contributed by atoms with van der Waals surface area (Å²) >= 11 is 1.47. The van der Waals surface area contributed by atoms with Crippen LogP contribution in [0.25, 0.3) is 0 Å². The van der Waals surface area contributed by atoms with Crippen LogP contribution in [0.2, 0.25) is 19.6 Å². The van der Waals surface area contributed by atoms with Gasteiger partial charge in [-0.1, -0.05) is 6.92 Å². The number of hydrogen-bond donors (Lipinski definition) is 0. The number of esters is 1. The van der Waals surface area contributed by atoms with E-state index < -0.39 is 36.1 Å². The maximum absolute atomic E-state index is 13.7. The summed E-state index contributed by atoms with van der Waals surface area (Å²) in [4.78, 5) is 64.9. The molecule has 0 aromatic heterocycles. The molecule has 5 rings (SSSR count). The maximum atomic E-state index is 13.7. The van der Waals surface area contributed by atoms with Gasteiger partial charge in [-0.05, 0) is 68.4 Å². The molecule has 256 valence electrons. The van der Waals surface area contributed by atoms with E-state index in [0.717, 1.165) is 4.91 Å². The third-order valence-electron chi connectivity index (χ3n) is 8.55. The summed E-state index contributed by atoms with van der Waals surface area (Å²) in [5.74, 6) is -1.46. The van der Waals surface area contributed by atoms with Crippen LogP contribution in [0.15, 0.2) is 59.1 Å². The third-order valence-corrected chi connectivity index (χ3v) is 11.2. The predicted molar refractivity (Wildman–Crippen MR) is 178 cm³/mol. The van der Waals surface area contributed by atoms with Crippen LogP contribution in [0.1, 0.15) is 31.4 Å². The average molecular weight is 699 g/mol. The molecule has 0 saturated carbocycles. The monoisotopic (exact) mass is 698 g/mol. The van der Waals surface area contributed by atoms with E-state index in [-0.39, 0.29) is 59.5 Å². The molecule has 2 saturated heterocycles. The highest BCUT2D eigenvalue weighted by Gasteiger charge is 2.61. The number of fused-ring (bicyclic) bond motifs is 1. The second-order valence-corrected chi connectivity index (χ2v) is 18.9. The number of β-lactam (4-membered cyclic amide) rings is 1. The standard InChI is InChI=1S/C32H38N4O10SSi/c1-19-27-26(20(2)46-48(3,4)5)30(37)34(27)28(31(38)44-17-21-6-10-23(11-7-21)35(40)41)29(19)47-25-14-15-33(16-25)32(39)45-18-22-8-12-24(13-9-22)36(42)43/h6-13,19-20,25-27H,14-18H2,1-5H3/t19?,20?,25?,26?,27-/m1/s1. The molecule has 2 aromatic carbocycles. The Balaban J connectivity index is 1.28. The van der Waals surface area contributed by atoms with E-state index in [9.17, 15) is 34.6 Å². The quantitative estimate of drug-likeness (QED) is 0.0886. The largest absolute Gasteiger partial charge is 0.456 e. The van der Waals surface area contributed by atoms with Gasteiger partial charge < -0.3 is 23.7 Å². The lowest BCUT2D eigenvalue weighted by Gasteiger charge is -2.48. The van der Waals surface area contributed by atoms with Crippen LogP contribution < -0.4 is 0 Å². The zero-order chi connectivity index (χ0) is 34.9. The highest BCUT2D eigenvalue weighted by Crippen LogP contribution is 2.52. The molecule has 0 N–H and O–H groups in total. The average Bonchev–Trinajstić information content (AvgIpc) is 3.59. The van der Waals surface area contributed by atoms with Crippen molar-refractivity contribution in [2.75, 3.05) is 13.1 Å². The van der Waals surface area contributed by atoms with Crippen molar-refractivity contribution < 1.29 is 38.1 Å². The van der Waals surface area contributed by atoms with Crippen LogP contribution in [0.3, 0.4) is 0 Å². The highest BCUT2D eigenvalue weighted by atomic mass is 32.2. The summed E-state index contributed by atoms with van der Waals surface area (Å²) < 4.78 is 17.4. The summed E-state index contributed by atoms with van der Waals surface area (Å²) in [7, 11) is -1.96. The van der Waals surface area contributed by atoms with Crippen LogP contribution in [-0.2, 0) is 36.7 Å². The summed E-state index contributed by atoms with van der Waals surface area (Å²) in [6.45, 7) is 10.7. The van der Waals surface area contributed by atoms with Crippen LogP contribution in [0.4, 0.5) is 16.2 Å². The topological polar surface area (TPSA) is 172 Å². The van der Waals surface area contributed by atoms with Crippen molar-refractivity contribution >= 4 is 49.4 Å². The number of benzene rings is 2. The van der Waals surface area contributed by atoms with Gasteiger partial charge in [-0.25, -0.2) is 9.59 Å². The van der Waals surface area contributed by atoms with Gasteiger partial charge >= 0.3 is 12.1 Å². The Morgan fingerprint density at radius 2 is 1.50 bits per heavy atom. The number of non-ortho nitro benzene ring substituents is 2. The molecule has 2 amide bonds. The summed E-state index contributed by atoms with van der Waals surface area (Å²) in [5.41, 5.74) is 1.25. The molecule has 0 aliphatic carbocycles. The number of likely N-dealkylation sites (tertiary alicyclic amines) is 1. The number of carbonyl (C=O) groups excluding carboxylic acids is 3. The Labute approximate surface area is 282 Å². The smallest absolute Gasteiger partial charge is 0.410 e. The first kappa shape index (κ1) is 35.0. The van der Waals surface area contributed by atoms with Crippen molar-refractivity contribution in [2.24, 2.45) is 11.8 Å². The number of hydrogen-bond acceptors (Lipinski definition) is 11. The first-order valence-electron chi connectivity index (χ1n) is 15.6. The summed E-state index contributed by atoms with van der Waals surface area (Å²) in [5, 5.41) is 21.8. The van der Waals surface area contributed by atoms with Crippen molar-refractivity contribution in [1.29, 1.82) is 0 Å². The zero-order valence-electron chi connectivity index (χ0n) is 27.3. The Hall–Kier alpha value is -4.28. The molecule has 0 radical (unpaired) electrons. The van der Waals surface area contributed by atoms with Gasteiger partial charge in [0.2, 0.25) is 5.91 Å². The molecule has 5 atom stereocenters. The van der Waals surface area contributed by atoms with Crippen molar-refractivity contribution in [2.45, 2.75) is 70.5 Å². The van der Waals surface area contributed by atoms with Gasteiger partial charge in [-0.15, -0.1) is 11.8 Å². The van der Waals surface area contributed by atoms with E-state index in [0.29, 0.717) is 30.6 Å². The Bertz CT molecular complexity index is 1630. The van der Waals surface area contributed by atoms with Gasteiger partial charge in [0.15, 0.2) is 8.32 Å².